The molecule has 5 rings (SSSR count). The summed E-state index contributed by atoms with van der Waals surface area (Å²) in [5.41, 5.74) is 7.72. The molecule has 0 unspecified atom stereocenters. The third-order valence-corrected chi connectivity index (χ3v) is 7.55. The van der Waals surface area contributed by atoms with Crippen LogP contribution in [0.25, 0.3) is 11.1 Å². The SMILES string of the molecule is Cc1cc(CNCCCC(=O)O)c(OCc2cccc(C#N)c2)cc1OCc1cccc(-c2ccc3c(c2)OCCO3)c1C. The van der Waals surface area contributed by atoms with Crippen LogP contribution >= 0.6 is 0 Å². The van der Waals surface area contributed by atoms with Crippen molar-refractivity contribution in [1.29, 1.82) is 5.26 Å². The first kappa shape index (κ1) is 30.5. The minimum Gasteiger partial charge on any atom is -0.488 e. The van der Waals surface area contributed by atoms with Crippen molar-refractivity contribution in [3.05, 3.63) is 106 Å². The topological polar surface area (TPSA) is 110 Å². The molecule has 0 saturated heterocycles. The molecular formula is C36H36N2O6. The molecular weight excluding hydrogens is 556 g/mol. The lowest BCUT2D eigenvalue weighted by molar-refractivity contribution is -0.137. The van der Waals surface area contributed by atoms with Crippen molar-refractivity contribution in [1.82, 2.24) is 5.32 Å². The van der Waals surface area contributed by atoms with Crippen LogP contribution in [0.2, 0.25) is 0 Å². The zero-order valence-electron chi connectivity index (χ0n) is 25.0. The first-order chi connectivity index (χ1) is 21.4. The zero-order valence-corrected chi connectivity index (χ0v) is 25.0. The van der Waals surface area contributed by atoms with Crippen molar-refractivity contribution < 1.29 is 28.8 Å². The van der Waals surface area contributed by atoms with E-state index in [-0.39, 0.29) is 6.42 Å². The Morgan fingerprint density at radius 3 is 2.52 bits per heavy atom. The van der Waals surface area contributed by atoms with Crippen LogP contribution in [0.5, 0.6) is 23.0 Å². The van der Waals surface area contributed by atoms with Crippen molar-refractivity contribution in [2.24, 2.45) is 0 Å². The monoisotopic (exact) mass is 592 g/mol. The smallest absolute Gasteiger partial charge is 0.303 e. The fraction of sp³-hybridized carbons (Fsp3) is 0.278. The Bertz CT molecular complexity index is 1680. The summed E-state index contributed by atoms with van der Waals surface area (Å²) >= 11 is 0. The number of carbonyl (C=O) groups is 1. The Hall–Kier alpha value is -5.00. The average molecular weight is 593 g/mol. The van der Waals surface area contributed by atoms with Gasteiger partial charge in [0.15, 0.2) is 11.5 Å². The van der Waals surface area contributed by atoms with Gasteiger partial charge < -0.3 is 29.4 Å². The fourth-order valence-corrected chi connectivity index (χ4v) is 5.16. The highest BCUT2D eigenvalue weighted by Gasteiger charge is 2.16. The van der Waals surface area contributed by atoms with Gasteiger partial charge in [-0.15, -0.1) is 0 Å². The lowest BCUT2D eigenvalue weighted by atomic mass is 9.96. The predicted octanol–water partition coefficient (Wildman–Crippen LogP) is 6.73. The van der Waals surface area contributed by atoms with Gasteiger partial charge in [0.25, 0.3) is 0 Å². The molecule has 2 N–H and O–H groups in total. The Kier molecular flexibility index (Phi) is 10.0. The molecule has 0 spiro atoms. The second kappa shape index (κ2) is 14.5. The molecule has 4 aromatic rings. The highest BCUT2D eigenvalue weighted by Crippen LogP contribution is 2.36. The number of nitrogens with zero attached hydrogens (tertiary/aromatic N) is 1. The molecule has 0 aromatic heterocycles. The first-order valence-corrected chi connectivity index (χ1v) is 14.7. The van der Waals surface area contributed by atoms with Crippen molar-refractivity contribution >= 4 is 5.97 Å². The maximum Gasteiger partial charge on any atom is 0.303 e. The highest BCUT2D eigenvalue weighted by molar-refractivity contribution is 5.71. The lowest BCUT2D eigenvalue weighted by Gasteiger charge is -2.20. The van der Waals surface area contributed by atoms with E-state index < -0.39 is 5.97 Å². The summed E-state index contributed by atoms with van der Waals surface area (Å²) in [5.74, 6) is 2.10. The standard InChI is InChI=1S/C36H36N2O6/c1-24-16-30(21-38-13-5-10-36(39)40)34(43-22-27-7-3-6-26(17-27)20-37)19-33(24)44-23-29-8-4-9-31(25(29)2)28-11-12-32-35(18-28)42-15-14-41-32/h3-4,6-9,11-12,16-19,38H,5,10,13-15,21-23H2,1-2H3,(H,39,40). The molecule has 1 aliphatic heterocycles. The highest BCUT2D eigenvalue weighted by atomic mass is 16.6. The molecule has 226 valence electrons. The summed E-state index contributed by atoms with van der Waals surface area (Å²) in [5, 5.41) is 21.5. The number of aryl methyl sites for hydroxylation is 1. The van der Waals surface area contributed by atoms with E-state index in [2.05, 4.69) is 36.5 Å². The Morgan fingerprint density at radius 2 is 1.70 bits per heavy atom. The predicted molar refractivity (Wildman–Crippen MR) is 167 cm³/mol. The Balaban J connectivity index is 1.33. The molecule has 4 aromatic carbocycles. The molecule has 0 bridgehead atoms. The molecule has 0 radical (unpaired) electrons. The van der Waals surface area contributed by atoms with Gasteiger partial charge in [-0.25, -0.2) is 0 Å². The number of nitrogens with one attached hydrogen (secondary N) is 1. The number of ether oxygens (including phenoxy) is 4. The summed E-state index contributed by atoms with van der Waals surface area (Å²) in [7, 11) is 0. The summed E-state index contributed by atoms with van der Waals surface area (Å²) in [6, 6.07) is 25.7. The largest absolute Gasteiger partial charge is 0.488 e. The summed E-state index contributed by atoms with van der Waals surface area (Å²) in [6.07, 6.45) is 0.657. The van der Waals surface area contributed by atoms with Crippen LogP contribution in [0.1, 0.15) is 46.2 Å². The number of carboxylic acids is 1. The Labute approximate surface area is 257 Å². The van der Waals surface area contributed by atoms with Crippen LogP contribution in [0, 0.1) is 25.2 Å². The van der Waals surface area contributed by atoms with E-state index >= 15 is 0 Å². The van der Waals surface area contributed by atoms with Crippen LogP contribution in [-0.2, 0) is 24.6 Å². The summed E-state index contributed by atoms with van der Waals surface area (Å²) in [6.45, 7) is 6.96. The molecule has 1 aliphatic rings. The van der Waals surface area contributed by atoms with Crippen LogP contribution in [0.3, 0.4) is 0 Å². The second-order valence-electron chi connectivity index (χ2n) is 10.7. The van der Waals surface area contributed by atoms with Crippen molar-refractivity contribution in [3.8, 4) is 40.2 Å². The molecule has 44 heavy (non-hydrogen) atoms. The van der Waals surface area contributed by atoms with Gasteiger partial charge in [-0.3, -0.25) is 4.79 Å². The molecule has 8 heteroatoms. The van der Waals surface area contributed by atoms with E-state index in [0.29, 0.717) is 63.0 Å². The number of carboxylic acid groups (broad SMARTS) is 1. The molecule has 1 heterocycles. The van der Waals surface area contributed by atoms with Crippen LogP contribution in [-0.4, -0.2) is 30.8 Å². The van der Waals surface area contributed by atoms with Crippen LogP contribution in [0.4, 0.5) is 0 Å². The maximum absolute atomic E-state index is 10.9. The van der Waals surface area contributed by atoms with Crippen molar-refractivity contribution in [2.45, 2.75) is 46.4 Å². The molecule has 0 aliphatic carbocycles. The van der Waals surface area contributed by atoms with E-state index in [1.54, 1.807) is 6.07 Å². The molecule has 8 nitrogen and oxygen atoms in total. The molecule has 0 fully saturated rings. The van der Waals surface area contributed by atoms with Gasteiger partial charge >= 0.3 is 5.97 Å². The Morgan fingerprint density at radius 1 is 0.909 bits per heavy atom. The van der Waals surface area contributed by atoms with Crippen molar-refractivity contribution in [2.75, 3.05) is 19.8 Å². The number of hydrogen-bond acceptors (Lipinski definition) is 7. The third-order valence-electron chi connectivity index (χ3n) is 7.55. The van der Waals surface area contributed by atoms with E-state index in [9.17, 15) is 10.1 Å². The van der Waals surface area contributed by atoms with Gasteiger partial charge in [-0.1, -0.05) is 36.4 Å². The van der Waals surface area contributed by atoms with E-state index in [1.165, 1.54) is 0 Å². The normalized spacial score (nSPS) is 11.9. The quantitative estimate of drug-likeness (QED) is 0.165. The van der Waals surface area contributed by atoms with Gasteiger partial charge in [0.05, 0.1) is 11.6 Å². The molecule has 0 atom stereocenters. The van der Waals surface area contributed by atoms with Gasteiger partial charge in [0.2, 0.25) is 0 Å². The first-order valence-electron chi connectivity index (χ1n) is 14.7. The summed E-state index contributed by atoms with van der Waals surface area (Å²) in [4.78, 5) is 10.9. The van der Waals surface area contributed by atoms with E-state index in [0.717, 1.165) is 50.4 Å². The third kappa shape index (κ3) is 7.68. The zero-order chi connectivity index (χ0) is 30.9. The van der Waals surface area contributed by atoms with Crippen molar-refractivity contribution in [3.63, 3.8) is 0 Å². The number of hydrogen-bond donors (Lipinski definition) is 2. The van der Waals surface area contributed by atoms with E-state index in [1.807, 2.05) is 55.5 Å². The maximum atomic E-state index is 10.9. The van der Waals surface area contributed by atoms with Gasteiger partial charge in [-0.2, -0.15) is 5.26 Å². The second-order valence-corrected chi connectivity index (χ2v) is 10.7. The molecule has 0 saturated carbocycles. The minimum atomic E-state index is -0.806. The number of nitriles is 1. The number of benzene rings is 4. The summed E-state index contributed by atoms with van der Waals surface area (Å²) < 4.78 is 24.1. The van der Waals surface area contributed by atoms with Crippen LogP contribution < -0.4 is 24.3 Å². The lowest BCUT2D eigenvalue weighted by Crippen LogP contribution is -2.17. The number of aliphatic carboxylic acids is 1. The van der Waals surface area contributed by atoms with Gasteiger partial charge in [-0.05, 0) is 90.5 Å². The van der Waals surface area contributed by atoms with Gasteiger partial charge in [0.1, 0.15) is 37.9 Å². The number of fused-ring (bicyclic) bond motifs is 1. The van der Waals surface area contributed by atoms with E-state index in [4.69, 9.17) is 24.1 Å². The fourth-order valence-electron chi connectivity index (χ4n) is 5.16. The van der Waals surface area contributed by atoms with Crippen LogP contribution in [0.15, 0.2) is 72.8 Å². The van der Waals surface area contributed by atoms with Gasteiger partial charge in [0, 0.05) is 24.6 Å². The number of rotatable bonds is 13. The minimum absolute atomic E-state index is 0.118. The average Bonchev–Trinajstić information content (AvgIpc) is 3.04. The molecule has 0 amide bonds.